The molecular formula is C16H11N3O4. The Morgan fingerprint density at radius 2 is 1.87 bits per heavy atom. The number of rotatable bonds is 4. The number of nitrogens with zero attached hydrogens (tertiary/aromatic N) is 2. The highest BCUT2D eigenvalue weighted by atomic mass is 16.6. The summed E-state index contributed by atoms with van der Waals surface area (Å²) in [4.78, 5) is 26.6. The molecule has 7 nitrogen and oxygen atoms in total. The maximum atomic E-state index is 12.1. The van der Waals surface area contributed by atoms with Gasteiger partial charge in [0.1, 0.15) is 11.6 Å². The van der Waals surface area contributed by atoms with Crippen LogP contribution < -0.4 is 5.32 Å². The van der Waals surface area contributed by atoms with Crippen LogP contribution in [-0.4, -0.2) is 15.8 Å². The third-order valence-electron chi connectivity index (χ3n) is 3.10. The van der Waals surface area contributed by atoms with Crippen LogP contribution in [0.25, 0.3) is 11.3 Å². The minimum Gasteiger partial charge on any atom is -0.451 e. The summed E-state index contributed by atoms with van der Waals surface area (Å²) >= 11 is 0. The number of para-hydroxylation sites is 1. The number of aromatic nitrogens is 1. The monoisotopic (exact) mass is 309 g/mol. The SMILES string of the molecule is O=C(Nc1ccccn1)c1ccc(-c2ccccc2[N+](=O)[O-])o1. The molecule has 23 heavy (non-hydrogen) atoms. The zero-order chi connectivity index (χ0) is 16.2. The number of pyridine rings is 1. The first kappa shape index (κ1) is 14.5. The highest BCUT2D eigenvalue weighted by Crippen LogP contribution is 2.30. The number of nitro groups is 1. The van der Waals surface area contributed by atoms with Gasteiger partial charge in [0.25, 0.3) is 11.6 Å². The van der Waals surface area contributed by atoms with Gasteiger partial charge in [-0.05, 0) is 30.3 Å². The molecule has 1 amide bonds. The van der Waals surface area contributed by atoms with Crippen LogP contribution in [-0.2, 0) is 0 Å². The Kier molecular flexibility index (Phi) is 3.84. The number of furan rings is 1. The van der Waals surface area contributed by atoms with E-state index in [4.69, 9.17) is 4.42 Å². The predicted octanol–water partition coefficient (Wildman–Crippen LogP) is 3.50. The van der Waals surface area contributed by atoms with Gasteiger partial charge < -0.3 is 9.73 Å². The second-order valence-electron chi connectivity index (χ2n) is 4.61. The first-order valence-corrected chi connectivity index (χ1v) is 6.71. The van der Waals surface area contributed by atoms with Crippen LogP contribution in [0.1, 0.15) is 10.6 Å². The van der Waals surface area contributed by atoms with Crippen LogP contribution in [0.4, 0.5) is 11.5 Å². The molecule has 3 rings (SSSR count). The Morgan fingerprint density at radius 3 is 2.61 bits per heavy atom. The van der Waals surface area contributed by atoms with E-state index in [1.54, 1.807) is 42.6 Å². The topological polar surface area (TPSA) is 98.3 Å². The van der Waals surface area contributed by atoms with Crippen LogP contribution in [0.5, 0.6) is 0 Å². The van der Waals surface area contributed by atoms with Gasteiger partial charge in [-0.3, -0.25) is 14.9 Å². The molecule has 0 unspecified atom stereocenters. The van der Waals surface area contributed by atoms with Crippen LogP contribution in [0.15, 0.2) is 65.2 Å². The summed E-state index contributed by atoms with van der Waals surface area (Å²) < 4.78 is 5.45. The van der Waals surface area contributed by atoms with Crippen LogP contribution in [0.3, 0.4) is 0 Å². The van der Waals surface area contributed by atoms with Crippen molar-refractivity contribution in [3.8, 4) is 11.3 Å². The lowest BCUT2D eigenvalue weighted by Crippen LogP contribution is -2.11. The van der Waals surface area contributed by atoms with E-state index in [0.717, 1.165) is 0 Å². The number of amides is 1. The van der Waals surface area contributed by atoms with Crippen molar-refractivity contribution in [2.45, 2.75) is 0 Å². The molecule has 0 saturated heterocycles. The van der Waals surface area contributed by atoms with Crippen LogP contribution in [0, 0.1) is 10.1 Å². The van der Waals surface area contributed by atoms with Gasteiger partial charge in [0.15, 0.2) is 5.76 Å². The Balaban J connectivity index is 1.86. The maximum Gasteiger partial charge on any atom is 0.292 e. The van der Waals surface area contributed by atoms with Crippen molar-refractivity contribution in [1.82, 2.24) is 4.98 Å². The Bertz CT molecular complexity index is 859. The lowest BCUT2D eigenvalue weighted by atomic mass is 10.1. The molecule has 114 valence electrons. The van der Waals surface area contributed by atoms with Gasteiger partial charge in [-0.2, -0.15) is 0 Å². The number of carbonyl (C=O) groups is 1. The highest BCUT2D eigenvalue weighted by molar-refractivity contribution is 6.02. The van der Waals surface area contributed by atoms with E-state index in [1.807, 2.05) is 0 Å². The molecule has 0 fully saturated rings. The fraction of sp³-hybridized carbons (Fsp3) is 0. The van der Waals surface area contributed by atoms with Gasteiger partial charge >= 0.3 is 0 Å². The van der Waals surface area contributed by atoms with E-state index < -0.39 is 10.8 Å². The van der Waals surface area contributed by atoms with E-state index in [0.29, 0.717) is 11.4 Å². The summed E-state index contributed by atoms with van der Waals surface area (Å²) in [5.41, 5.74) is 0.230. The summed E-state index contributed by atoms with van der Waals surface area (Å²) in [5.74, 6) is 0.210. The lowest BCUT2D eigenvalue weighted by Gasteiger charge is -2.01. The molecule has 0 atom stereocenters. The standard InChI is InChI=1S/C16H11N3O4/c20-16(18-15-7-3-4-10-17-15)14-9-8-13(23-14)11-5-1-2-6-12(11)19(21)22/h1-10H,(H,17,18,20). The molecule has 0 bridgehead atoms. The van der Waals surface area contributed by atoms with Gasteiger partial charge in [0, 0.05) is 12.3 Å². The minimum absolute atomic E-state index is 0.0452. The summed E-state index contributed by atoms with van der Waals surface area (Å²) in [6, 6.07) is 14.3. The molecule has 0 aliphatic carbocycles. The van der Waals surface area contributed by atoms with Gasteiger partial charge in [-0.15, -0.1) is 0 Å². The summed E-state index contributed by atoms with van der Waals surface area (Å²) in [6.45, 7) is 0. The van der Waals surface area contributed by atoms with Gasteiger partial charge in [0.05, 0.1) is 10.5 Å². The molecule has 0 spiro atoms. The maximum absolute atomic E-state index is 12.1. The average molecular weight is 309 g/mol. The number of anilines is 1. The molecule has 2 aromatic heterocycles. The van der Waals surface area contributed by atoms with Gasteiger partial charge in [-0.25, -0.2) is 4.98 Å². The smallest absolute Gasteiger partial charge is 0.292 e. The van der Waals surface area contributed by atoms with Crippen molar-refractivity contribution in [3.63, 3.8) is 0 Å². The zero-order valence-corrected chi connectivity index (χ0v) is 11.8. The van der Waals surface area contributed by atoms with Crippen LogP contribution in [0.2, 0.25) is 0 Å². The molecule has 1 aromatic carbocycles. The van der Waals surface area contributed by atoms with E-state index in [-0.39, 0.29) is 17.2 Å². The molecule has 7 heteroatoms. The quantitative estimate of drug-likeness (QED) is 0.587. The molecule has 2 heterocycles. The number of nitro benzene ring substituents is 1. The molecular weight excluding hydrogens is 298 g/mol. The second kappa shape index (κ2) is 6.10. The minimum atomic E-state index is -0.495. The normalized spacial score (nSPS) is 10.3. The number of benzene rings is 1. The molecule has 0 saturated carbocycles. The van der Waals surface area contributed by atoms with Crippen molar-refractivity contribution in [2.24, 2.45) is 0 Å². The van der Waals surface area contributed by atoms with Crippen molar-refractivity contribution >= 4 is 17.4 Å². The predicted molar refractivity (Wildman–Crippen MR) is 83.0 cm³/mol. The zero-order valence-electron chi connectivity index (χ0n) is 11.8. The highest BCUT2D eigenvalue weighted by Gasteiger charge is 2.19. The Labute approximate surface area is 130 Å². The molecule has 1 N–H and O–H groups in total. The first-order chi connectivity index (χ1) is 11.1. The first-order valence-electron chi connectivity index (χ1n) is 6.71. The molecule has 0 aliphatic heterocycles. The summed E-state index contributed by atoms with van der Waals surface area (Å²) in [5, 5.41) is 13.6. The number of nitrogens with one attached hydrogen (secondary N) is 1. The van der Waals surface area contributed by atoms with E-state index in [9.17, 15) is 14.9 Å². The van der Waals surface area contributed by atoms with Crippen molar-refractivity contribution in [3.05, 3.63) is 76.7 Å². The number of carbonyl (C=O) groups excluding carboxylic acids is 1. The molecule has 0 radical (unpaired) electrons. The molecule has 0 aliphatic rings. The van der Waals surface area contributed by atoms with E-state index in [1.165, 1.54) is 18.2 Å². The number of hydrogen-bond donors (Lipinski definition) is 1. The fourth-order valence-corrected chi connectivity index (χ4v) is 2.06. The van der Waals surface area contributed by atoms with Crippen LogP contribution >= 0.6 is 0 Å². The fourth-order valence-electron chi connectivity index (χ4n) is 2.06. The average Bonchev–Trinajstić information content (AvgIpc) is 3.06. The Morgan fingerprint density at radius 1 is 1.09 bits per heavy atom. The van der Waals surface area contributed by atoms with Crippen molar-refractivity contribution in [2.75, 3.05) is 5.32 Å². The third kappa shape index (κ3) is 3.08. The van der Waals surface area contributed by atoms with E-state index in [2.05, 4.69) is 10.3 Å². The number of hydrogen-bond acceptors (Lipinski definition) is 5. The second-order valence-corrected chi connectivity index (χ2v) is 4.61. The van der Waals surface area contributed by atoms with Gasteiger partial charge in [0.2, 0.25) is 0 Å². The van der Waals surface area contributed by atoms with Gasteiger partial charge in [-0.1, -0.05) is 18.2 Å². The molecule has 3 aromatic rings. The Hall–Kier alpha value is -3.48. The van der Waals surface area contributed by atoms with E-state index >= 15 is 0 Å². The van der Waals surface area contributed by atoms with Crippen molar-refractivity contribution < 1.29 is 14.1 Å². The van der Waals surface area contributed by atoms with Crippen molar-refractivity contribution in [1.29, 1.82) is 0 Å². The summed E-state index contributed by atoms with van der Waals surface area (Å²) in [7, 11) is 0. The largest absolute Gasteiger partial charge is 0.451 e. The lowest BCUT2D eigenvalue weighted by molar-refractivity contribution is -0.384. The summed E-state index contributed by atoms with van der Waals surface area (Å²) in [6.07, 6.45) is 1.55. The third-order valence-corrected chi connectivity index (χ3v) is 3.10.